The molecule has 0 N–H and O–H groups in total. The average molecular weight is 655 g/mol. The zero-order chi connectivity index (χ0) is 33.7. The fourth-order valence-corrected chi connectivity index (χ4v) is 7.26. The molecule has 2 aromatic heterocycles. The summed E-state index contributed by atoms with van der Waals surface area (Å²) < 4.78 is 13.4. The Morgan fingerprint density at radius 3 is 1.88 bits per heavy atom. The highest BCUT2D eigenvalue weighted by molar-refractivity contribution is 6.18. The van der Waals surface area contributed by atoms with Crippen LogP contribution in [-0.4, -0.2) is 4.98 Å². The Bertz CT molecular complexity index is 2850. The van der Waals surface area contributed by atoms with Crippen LogP contribution in [0.3, 0.4) is 0 Å². The van der Waals surface area contributed by atoms with E-state index < -0.39 is 0 Å². The van der Waals surface area contributed by atoms with Crippen molar-refractivity contribution in [2.24, 2.45) is 0 Å². The number of nitrogens with zero attached hydrogens (tertiary/aromatic N) is 2. The van der Waals surface area contributed by atoms with Crippen molar-refractivity contribution < 1.29 is 8.83 Å². The van der Waals surface area contributed by atoms with Gasteiger partial charge in [-0.3, -0.25) is 0 Å². The normalized spacial score (nSPS) is 11.5. The zero-order valence-corrected chi connectivity index (χ0v) is 27.5. The molecule has 8 aromatic carbocycles. The zero-order valence-electron chi connectivity index (χ0n) is 27.5. The molecule has 10 rings (SSSR count). The quantitative estimate of drug-likeness (QED) is 0.179. The van der Waals surface area contributed by atoms with Crippen LogP contribution in [0.1, 0.15) is 0 Å². The van der Waals surface area contributed by atoms with Crippen molar-refractivity contribution in [3.63, 3.8) is 0 Å². The predicted octanol–water partition coefficient (Wildman–Crippen LogP) is 13.4. The van der Waals surface area contributed by atoms with E-state index in [1.54, 1.807) is 0 Å². The standard InChI is InChI=1S/C47H30N2O2/c1-3-13-31(14-4-1)32-25-27-36(28-26-32)49(37-20-11-19-35(29-37)39-23-12-18-33-15-7-8-21-38(33)39)45-44-43(51-47(48-44)34-16-5-2-6-17-34)30-41-40-22-9-10-24-42(40)50-46(41)45/h1-30H. The fraction of sp³-hybridized carbons (Fsp3) is 0. The number of hydrogen-bond donors (Lipinski definition) is 0. The van der Waals surface area contributed by atoms with Crippen molar-refractivity contribution in [3.8, 4) is 33.7 Å². The molecule has 0 fully saturated rings. The minimum atomic E-state index is 0.563. The summed E-state index contributed by atoms with van der Waals surface area (Å²) in [5.41, 5.74) is 11.3. The number of aromatic nitrogens is 1. The summed E-state index contributed by atoms with van der Waals surface area (Å²) in [7, 11) is 0. The summed E-state index contributed by atoms with van der Waals surface area (Å²) in [5.74, 6) is 0.563. The van der Waals surface area contributed by atoms with Crippen LogP contribution in [0, 0.1) is 0 Å². The van der Waals surface area contributed by atoms with Crippen LogP contribution in [0.2, 0.25) is 0 Å². The first-order chi connectivity index (χ1) is 25.3. The fourth-order valence-electron chi connectivity index (χ4n) is 7.26. The lowest BCUT2D eigenvalue weighted by Gasteiger charge is -2.26. The molecule has 0 amide bonds. The van der Waals surface area contributed by atoms with Gasteiger partial charge in [-0.05, 0) is 81.6 Å². The van der Waals surface area contributed by atoms with Crippen LogP contribution < -0.4 is 4.90 Å². The van der Waals surface area contributed by atoms with Crippen molar-refractivity contribution in [3.05, 3.63) is 182 Å². The maximum Gasteiger partial charge on any atom is 0.227 e. The first-order valence-electron chi connectivity index (χ1n) is 17.1. The lowest BCUT2D eigenvalue weighted by molar-refractivity contribution is 0.620. The molecule has 0 saturated carbocycles. The van der Waals surface area contributed by atoms with Gasteiger partial charge in [0.15, 0.2) is 11.2 Å². The highest BCUT2D eigenvalue weighted by atomic mass is 16.4. The summed E-state index contributed by atoms with van der Waals surface area (Å²) in [4.78, 5) is 7.47. The van der Waals surface area contributed by atoms with Crippen LogP contribution >= 0.6 is 0 Å². The van der Waals surface area contributed by atoms with Gasteiger partial charge >= 0.3 is 0 Å². The van der Waals surface area contributed by atoms with Gasteiger partial charge in [-0.15, -0.1) is 0 Å². The predicted molar refractivity (Wildman–Crippen MR) is 210 cm³/mol. The molecule has 10 aromatic rings. The van der Waals surface area contributed by atoms with Crippen molar-refractivity contribution in [2.45, 2.75) is 0 Å². The number of para-hydroxylation sites is 1. The minimum Gasteiger partial charge on any atom is -0.454 e. The third-order valence-corrected chi connectivity index (χ3v) is 9.68. The SMILES string of the molecule is c1ccc(-c2ccc(N(c3cccc(-c4cccc5ccccc45)c3)c3c4nc(-c5ccccc5)oc4cc4c3oc3ccccc34)cc2)cc1. The Hall–Kier alpha value is -6.91. The number of benzene rings is 8. The topological polar surface area (TPSA) is 42.4 Å². The Kier molecular flexibility index (Phi) is 6.78. The number of furan rings is 1. The monoisotopic (exact) mass is 654 g/mol. The Labute approximate surface area is 294 Å². The largest absolute Gasteiger partial charge is 0.454 e. The summed E-state index contributed by atoms with van der Waals surface area (Å²) in [6, 6.07) is 63.3. The molecule has 0 unspecified atom stereocenters. The van der Waals surface area contributed by atoms with E-state index in [4.69, 9.17) is 13.8 Å². The van der Waals surface area contributed by atoms with Crippen molar-refractivity contribution in [1.82, 2.24) is 4.98 Å². The van der Waals surface area contributed by atoms with E-state index in [9.17, 15) is 0 Å². The smallest absolute Gasteiger partial charge is 0.227 e. The van der Waals surface area contributed by atoms with Gasteiger partial charge < -0.3 is 13.7 Å². The number of oxazole rings is 1. The number of fused-ring (bicyclic) bond motifs is 5. The van der Waals surface area contributed by atoms with Gasteiger partial charge in [-0.1, -0.05) is 133 Å². The molecular weight excluding hydrogens is 625 g/mol. The number of rotatable bonds is 6. The molecule has 51 heavy (non-hydrogen) atoms. The first-order valence-corrected chi connectivity index (χ1v) is 17.1. The molecule has 4 heteroatoms. The average Bonchev–Trinajstić information content (AvgIpc) is 3.80. The maximum atomic E-state index is 6.77. The summed E-state index contributed by atoms with van der Waals surface area (Å²) in [5, 5.41) is 4.41. The Morgan fingerprint density at radius 1 is 0.412 bits per heavy atom. The molecule has 0 aliphatic rings. The third kappa shape index (κ3) is 4.96. The highest BCUT2D eigenvalue weighted by Crippen LogP contribution is 2.48. The van der Waals surface area contributed by atoms with E-state index >= 15 is 0 Å². The summed E-state index contributed by atoms with van der Waals surface area (Å²) in [6.07, 6.45) is 0. The van der Waals surface area contributed by atoms with Crippen LogP contribution in [0.4, 0.5) is 17.1 Å². The Morgan fingerprint density at radius 2 is 1.06 bits per heavy atom. The van der Waals surface area contributed by atoms with Gasteiger partial charge in [-0.2, -0.15) is 0 Å². The van der Waals surface area contributed by atoms with Gasteiger partial charge in [0, 0.05) is 27.7 Å². The molecule has 0 spiro atoms. The molecule has 0 aliphatic carbocycles. The van der Waals surface area contributed by atoms with E-state index in [1.165, 1.54) is 21.9 Å². The van der Waals surface area contributed by atoms with Crippen molar-refractivity contribution >= 4 is 60.9 Å². The van der Waals surface area contributed by atoms with Gasteiger partial charge in [-0.25, -0.2) is 4.98 Å². The van der Waals surface area contributed by atoms with Crippen molar-refractivity contribution in [2.75, 3.05) is 4.90 Å². The van der Waals surface area contributed by atoms with E-state index in [1.807, 2.05) is 54.6 Å². The van der Waals surface area contributed by atoms with Crippen LogP contribution in [0.25, 0.3) is 77.5 Å². The first kappa shape index (κ1) is 29.0. The van der Waals surface area contributed by atoms with Gasteiger partial charge in [0.05, 0.1) is 0 Å². The molecule has 0 radical (unpaired) electrons. The van der Waals surface area contributed by atoms with Gasteiger partial charge in [0.25, 0.3) is 0 Å². The molecule has 2 heterocycles. The van der Waals surface area contributed by atoms with E-state index in [2.05, 4.69) is 132 Å². The van der Waals surface area contributed by atoms with E-state index in [0.29, 0.717) is 11.5 Å². The lowest BCUT2D eigenvalue weighted by atomic mass is 9.97. The third-order valence-electron chi connectivity index (χ3n) is 9.68. The second-order valence-electron chi connectivity index (χ2n) is 12.8. The van der Waals surface area contributed by atoms with Gasteiger partial charge in [0.1, 0.15) is 16.8 Å². The molecule has 0 bridgehead atoms. The second-order valence-corrected chi connectivity index (χ2v) is 12.8. The number of anilines is 3. The van der Waals surface area contributed by atoms with E-state index in [0.717, 1.165) is 61.2 Å². The Balaban J connectivity index is 1.26. The highest BCUT2D eigenvalue weighted by Gasteiger charge is 2.26. The molecule has 240 valence electrons. The number of hydrogen-bond acceptors (Lipinski definition) is 4. The van der Waals surface area contributed by atoms with Crippen LogP contribution in [-0.2, 0) is 0 Å². The minimum absolute atomic E-state index is 0.563. The van der Waals surface area contributed by atoms with Crippen LogP contribution in [0.5, 0.6) is 0 Å². The molecule has 0 saturated heterocycles. The van der Waals surface area contributed by atoms with E-state index in [-0.39, 0.29) is 0 Å². The molecule has 0 atom stereocenters. The lowest BCUT2D eigenvalue weighted by Crippen LogP contribution is -2.11. The molecular formula is C47H30N2O2. The molecule has 0 aliphatic heterocycles. The summed E-state index contributed by atoms with van der Waals surface area (Å²) >= 11 is 0. The van der Waals surface area contributed by atoms with Crippen LogP contribution in [0.15, 0.2) is 191 Å². The van der Waals surface area contributed by atoms with Crippen molar-refractivity contribution in [1.29, 1.82) is 0 Å². The molecule has 4 nitrogen and oxygen atoms in total. The maximum absolute atomic E-state index is 6.77. The van der Waals surface area contributed by atoms with Gasteiger partial charge in [0.2, 0.25) is 5.89 Å². The second kappa shape index (κ2) is 11.9. The summed E-state index contributed by atoms with van der Waals surface area (Å²) in [6.45, 7) is 0.